The Morgan fingerprint density at radius 2 is 1.57 bits per heavy atom. The van der Waals surface area contributed by atoms with Gasteiger partial charge in [0.15, 0.2) is 0 Å². The average Bonchev–Trinajstić information content (AvgIpc) is 2.14. The van der Waals surface area contributed by atoms with Gasteiger partial charge in [0.1, 0.15) is 0 Å². The monoisotopic (exact) mass is 195 g/mol. The van der Waals surface area contributed by atoms with E-state index in [1.807, 2.05) is 0 Å². The summed E-state index contributed by atoms with van der Waals surface area (Å²) < 4.78 is 0. The Morgan fingerprint density at radius 3 is 1.86 bits per heavy atom. The van der Waals surface area contributed by atoms with Crippen LogP contribution in [0.25, 0.3) is 0 Å². The van der Waals surface area contributed by atoms with E-state index in [2.05, 4.69) is 47.6 Å². The van der Waals surface area contributed by atoms with E-state index in [-0.39, 0.29) is 11.3 Å². The van der Waals surface area contributed by atoms with Crippen LogP contribution in [0, 0.1) is 28.1 Å². The third-order valence-corrected chi connectivity index (χ3v) is 3.72. The van der Waals surface area contributed by atoms with E-state index in [1.54, 1.807) is 0 Å². The summed E-state index contributed by atoms with van der Waals surface area (Å²) in [5.41, 5.74) is 0.452. The zero-order chi connectivity index (χ0) is 11.4. The van der Waals surface area contributed by atoms with E-state index in [1.165, 1.54) is 0 Å². The quantitative estimate of drug-likeness (QED) is 0.638. The van der Waals surface area contributed by atoms with Crippen molar-refractivity contribution < 1.29 is 0 Å². The van der Waals surface area contributed by atoms with Gasteiger partial charge in [-0.25, -0.2) is 0 Å². The van der Waals surface area contributed by atoms with E-state index in [0.29, 0.717) is 5.41 Å². The van der Waals surface area contributed by atoms with Gasteiger partial charge < -0.3 is 0 Å². The van der Waals surface area contributed by atoms with Gasteiger partial charge in [-0.05, 0) is 23.7 Å². The summed E-state index contributed by atoms with van der Waals surface area (Å²) in [6.45, 7) is 13.3. The molecule has 0 amide bonds. The van der Waals surface area contributed by atoms with Gasteiger partial charge in [0, 0.05) is 0 Å². The normalized spacial score (nSPS) is 14.9. The molecular formula is C13H25N. The van der Waals surface area contributed by atoms with Crippen LogP contribution >= 0.6 is 0 Å². The maximum atomic E-state index is 9.20. The molecule has 0 spiro atoms. The average molecular weight is 195 g/mol. The van der Waals surface area contributed by atoms with Crippen molar-refractivity contribution in [2.24, 2.45) is 16.7 Å². The largest absolute Gasteiger partial charge is 0.198 e. The first-order chi connectivity index (χ1) is 6.29. The third-order valence-electron chi connectivity index (χ3n) is 3.72. The first kappa shape index (κ1) is 13.5. The predicted octanol–water partition coefficient (Wildman–Crippen LogP) is 4.39. The second-order valence-electron chi connectivity index (χ2n) is 5.75. The van der Waals surface area contributed by atoms with Crippen molar-refractivity contribution in [2.75, 3.05) is 0 Å². The molecule has 1 unspecified atom stereocenters. The Labute approximate surface area is 89.5 Å². The minimum absolute atomic E-state index is 0.154. The molecule has 0 bridgehead atoms. The molecule has 0 saturated carbocycles. The Hall–Kier alpha value is -0.510. The van der Waals surface area contributed by atoms with Gasteiger partial charge in [-0.3, -0.25) is 0 Å². The van der Waals surface area contributed by atoms with Gasteiger partial charge in [0.2, 0.25) is 0 Å². The molecule has 1 heteroatoms. The molecule has 0 aliphatic carbocycles. The lowest BCUT2D eigenvalue weighted by Crippen LogP contribution is -2.27. The molecule has 0 fully saturated rings. The number of hydrogen-bond donors (Lipinski definition) is 0. The van der Waals surface area contributed by atoms with Gasteiger partial charge in [-0.15, -0.1) is 0 Å². The second kappa shape index (κ2) is 4.82. The highest BCUT2D eigenvalue weighted by Crippen LogP contribution is 2.39. The zero-order valence-corrected chi connectivity index (χ0v) is 10.6. The summed E-state index contributed by atoms with van der Waals surface area (Å²) in [4.78, 5) is 0. The van der Waals surface area contributed by atoms with Crippen molar-refractivity contribution in [3.8, 4) is 6.07 Å². The van der Waals surface area contributed by atoms with Crippen LogP contribution in [0.15, 0.2) is 0 Å². The highest BCUT2D eigenvalue weighted by atomic mass is 14.4. The van der Waals surface area contributed by atoms with Crippen LogP contribution in [0.1, 0.15) is 60.8 Å². The minimum atomic E-state index is 0.154. The maximum absolute atomic E-state index is 9.20. The van der Waals surface area contributed by atoms with Gasteiger partial charge >= 0.3 is 0 Å². The first-order valence-corrected chi connectivity index (χ1v) is 5.68. The molecule has 14 heavy (non-hydrogen) atoms. The van der Waals surface area contributed by atoms with Gasteiger partial charge in [-0.2, -0.15) is 5.26 Å². The van der Waals surface area contributed by atoms with Crippen LogP contribution in [-0.2, 0) is 0 Å². The van der Waals surface area contributed by atoms with E-state index in [4.69, 9.17) is 0 Å². The number of nitrogens with zero attached hydrogens (tertiary/aromatic N) is 1. The van der Waals surface area contributed by atoms with Crippen molar-refractivity contribution in [2.45, 2.75) is 60.8 Å². The van der Waals surface area contributed by atoms with Gasteiger partial charge in [0.05, 0.1) is 12.0 Å². The molecule has 0 saturated heterocycles. The maximum Gasteiger partial charge on any atom is 0.0661 e. The van der Waals surface area contributed by atoms with E-state index < -0.39 is 0 Å². The Morgan fingerprint density at radius 1 is 1.07 bits per heavy atom. The van der Waals surface area contributed by atoms with Crippen molar-refractivity contribution in [3.63, 3.8) is 0 Å². The fourth-order valence-corrected chi connectivity index (χ4v) is 1.44. The molecule has 0 aliphatic rings. The minimum Gasteiger partial charge on any atom is -0.198 e. The van der Waals surface area contributed by atoms with Crippen molar-refractivity contribution >= 4 is 0 Å². The van der Waals surface area contributed by atoms with E-state index >= 15 is 0 Å². The number of nitriles is 1. The predicted molar refractivity (Wildman–Crippen MR) is 61.9 cm³/mol. The lowest BCUT2D eigenvalue weighted by atomic mass is 9.69. The van der Waals surface area contributed by atoms with Crippen LogP contribution < -0.4 is 0 Å². The number of hydrogen-bond acceptors (Lipinski definition) is 1. The summed E-state index contributed by atoms with van der Waals surface area (Å²) in [5.74, 6) is 0.183. The topological polar surface area (TPSA) is 23.8 Å². The Bertz CT molecular complexity index is 208. The fraction of sp³-hybridized carbons (Fsp3) is 0.923. The Balaban J connectivity index is 4.55. The molecule has 0 heterocycles. The first-order valence-electron chi connectivity index (χ1n) is 5.68. The van der Waals surface area contributed by atoms with Crippen LogP contribution in [0.2, 0.25) is 0 Å². The fourth-order valence-electron chi connectivity index (χ4n) is 1.44. The molecule has 0 aliphatic heterocycles. The van der Waals surface area contributed by atoms with Crippen molar-refractivity contribution in [1.82, 2.24) is 0 Å². The van der Waals surface area contributed by atoms with E-state index in [0.717, 1.165) is 19.3 Å². The van der Waals surface area contributed by atoms with Crippen LogP contribution in [0.4, 0.5) is 0 Å². The third kappa shape index (κ3) is 3.70. The van der Waals surface area contributed by atoms with Gasteiger partial charge in [0.25, 0.3) is 0 Å². The van der Waals surface area contributed by atoms with Crippen molar-refractivity contribution in [1.29, 1.82) is 5.26 Å². The molecule has 0 aromatic heterocycles. The SMILES string of the molecule is CCC(C)(C)CC(C#N)C(C)(C)CC. The van der Waals surface area contributed by atoms with Crippen LogP contribution in [0.3, 0.4) is 0 Å². The van der Waals surface area contributed by atoms with Crippen molar-refractivity contribution in [3.05, 3.63) is 0 Å². The molecule has 0 aromatic carbocycles. The highest BCUT2D eigenvalue weighted by molar-refractivity contribution is 4.95. The molecular weight excluding hydrogens is 170 g/mol. The molecule has 82 valence electrons. The van der Waals surface area contributed by atoms with E-state index in [9.17, 15) is 5.26 Å². The molecule has 0 rings (SSSR count). The smallest absolute Gasteiger partial charge is 0.0661 e. The summed E-state index contributed by atoms with van der Waals surface area (Å²) in [6, 6.07) is 2.48. The zero-order valence-electron chi connectivity index (χ0n) is 10.6. The standard InChI is InChI=1S/C13H25N/c1-7-12(3,4)9-11(10-14)13(5,6)8-2/h11H,7-9H2,1-6H3. The highest BCUT2D eigenvalue weighted by Gasteiger charge is 2.32. The Kier molecular flexibility index (Phi) is 4.65. The number of rotatable bonds is 5. The van der Waals surface area contributed by atoms with Crippen LogP contribution in [0.5, 0.6) is 0 Å². The molecule has 0 radical (unpaired) electrons. The molecule has 0 aromatic rings. The summed E-state index contributed by atoms with van der Waals surface area (Å²) in [7, 11) is 0. The van der Waals surface area contributed by atoms with Gasteiger partial charge in [-0.1, -0.05) is 48.0 Å². The second-order valence-corrected chi connectivity index (χ2v) is 5.75. The summed E-state index contributed by atoms with van der Waals surface area (Å²) in [5, 5.41) is 9.20. The molecule has 1 atom stereocenters. The van der Waals surface area contributed by atoms with Crippen LogP contribution in [-0.4, -0.2) is 0 Å². The lowest BCUT2D eigenvalue weighted by molar-refractivity contribution is 0.173. The summed E-state index contributed by atoms with van der Waals surface area (Å²) in [6.07, 6.45) is 3.23. The molecule has 1 nitrogen and oxygen atoms in total. The molecule has 0 N–H and O–H groups in total. The summed E-state index contributed by atoms with van der Waals surface area (Å²) >= 11 is 0. The lowest BCUT2D eigenvalue weighted by Gasteiger charge is -2.34.